The minimum absolute atomic E-state index is 0.101. The minimum Gasteiger partial charge on any atom is -0.341 e. The fourth-order valence-electron chi connectivity index (χ4n) is 4.07. The first-order chi connectivity index (χ1) is 12.1. The van der Waals surface area contributed by atoms with Crippen LogP contribution in [0.5, 0.6) is 0 Å². The number of likely N-dealkylation sites (tertiary alicyclic amines) is 1. The summed E-state index contributed by atoms with van der Waals surface area (Å²) >= 11 is 0. The molecule has 0 bridgehead atoms. The summed E-state index contributed by atoms with van der Waals surface area (Å²) in [4.78, 5) is 19.6. The number of hydrogen-bond donors (Lipinski definition) is 0. The molecule has 2 heterocycles. The number of amides is 1. The van der Waals surface area contributed by atoms with Gasteiger partial charge in [-0.25, -0.2) is 4.39 Å². The summed E-state index contributed by atoms with van der Waals surface area (Å²) in [5.41, 5.74) is 0.446. The highest BCUT2D eigenvalue weighted by Gasteiger charge is 2.48. The van der Waals surface area contributed by atoms with Gasteiger partial charge in [0.05, 0.1) is 11.3 Å². The van der Waals surface area contributed by atoms with E-state index in [0.717, 1.165) is 44.2 Å². The van der Waals surface area contributed by atoms with Gasteiger partial charge in [-0.1, -0.05) is 23.7 Å². The molecule has 5 nitrogen and oxygen atoms in total. The molecule has 2 aliphatic rings. The topological polar surface area (TPSA) is 59.2 Å². The lowest BCUT2D eigenvalue weighted by Gasteiger charge is -2.45. The molecule has 1 aromatic carbocycles. The molecule has 1 saturated carbocycles. The van der Waals surface area contributed by atoms with Gasteiger partial charge in [0.1, 0.15) is 5.82 Å². The number of aromatic nitrogens is 2. The van der Waals surface area contributed by atoms with Gasteiger partial charge < -0.3 is 9.42 Å². The zero-order valence-electron chi connectivity index (χ0n) is 14.4. The number of nitrogens with zero attached hydrogens (tertiary/aromatic N) is 3. The Hall–Kier alpha value is -2.24. The molecule has 1 atom stereocenters. The van der Waals surface area contributed by atoms with Crippen LogP contribution in [0.3, 0.4) is 0 Å². The van der Waals surface area contributed by atoms with Crippen molar-refractivity contribution in [2.75, 3.05) is 13.1 Å². The Labute approximate surface area is 146 Å². The summed E-state index contributed by atoms with van der Waals surface area (Å²) in [5.74, 6) is 1.24. The van der Waals surface area contributed by atoms with E-state index in [1.165, 1.54) is 12.1 Å². The summed E-state index contributed by atoms with van der Waals surface area (Å²) in [6, 6.07) is 6.41. The van der Waals surface area contributed by atoms with Gasteiger partial charge in [-0.2, -0.15) is 4.98 Å². The molecule has 0 radical (unpaired) electrons. The number of halogens is 1. The van der Waals surface area contributed by atoms with Crippen molar-refractivity contribution in [1.29, 1.82) is 0 Å². The first kappa shape index (κ1) is 16.2. The number of hydrogen-bond acceptors (Lipinski definition) is 4. The molecule has 1 amide bonds. The SMILES string of the molecule is Cc1noc(C2CCCN(C(=O)C3(c4ccc(F)cc4)CCC3)C2)n1. The maximum Gasteiger partial charge on any atom is 0.233 e. The maximum absolute atomic E-state index is 13.3. The monoisotopic (exact) mass is 343 g/mol. The normalized spacial score (nSPS) is 22.5. The van der Waals surface area contributed by atoms with Crippen LogP contribution in [0.2, 0.25) is 0 Å². The van der Waals surface area contributed by atoms with Crippen LogP contribution in [0.15, 0.2) is 28.8 Å². The van der Waals surface area contributed by atoms with Crippen molar-refractivity contribution in [2.45, 2.75) is 50.4 Å². The highest BCUT2D eigenvalue weighted by atomic mass is 19.1. The van der Waals surface area contributed by atoms with Crippen molar-refractivity contribution in [3.05, 3.63) is 47.4 Å². The molecule has 1 aromatic heterocycles. The number of rotatable bonds is 3. The molecule has 132 valence electrons. The molecule has 1 unspecified atom stereocenters. The second kappa shape index (κ2) is 6.24. The van der Waals surface area contributed by atoms with Gasteiger partial charge in [-0.15, -0.1) is 0 Å². The molecule has 1 aliphatic carbocycles. The average molecular weight is 343 g/mol. The van der Waals surface area contributed by atoms with Crippen molar-refractivity contribution in [3.63, 3.8) is 0 Å². The highest BCUT2D eigenvalue weighted by molar-refractivity contribution is 5.89. The Balaban J connectivity index is 1.55. The smallest absolute Gasteiger partial charge is 0.233 e. The second-order valence-corrected chi connectivity index (χ2v) is 7.21. The van der Waals surface area contributed by atoms with Crippen molar-refractivity contribution in [3.8, 4) is 0 Å². The first-order valence-electron chi connectivity index (χ1n) is 8.94. The van der Waals surface area contributed by atoms with Gasteiger partial charge in [-0.3, -0.25) is 4.79 Å². The fourth-order valence-corrected chi connectivity index (χ4v) is 4.07. The number of benzene rings is 1. The largest absolute Gasteiger partial charge is 0.341 e. The fraction of sp³-hybridized carbons (Fsp3) is 0.526. The zero-order valence-corrected chi connectivity index (χ0v) is 14.4. The Morgan fingerprint density at radius 1 is 1.28 bits per heavy atom. The van der Waals surface area contributed by atoms with Gasteiger partial charge in [0.2, 0.25) is 11.8 Å². The van der Waals surface area contributed by atoms with Gasteiger partial charge >= 0.3 is 0 Å². The van der Waals surface area contributed by atoms with Crippen molar-refractivity contribution >= 4 is 5.91 Å². The quantitative estimate of drug-likeness (QED) is 0.857. The zero-order chi connectivity index (χ0) is 17.4. The number of carbonyl (C=O) groups excluding carboxylic acids is 1. The molecule has 25 heavy (non-hydrogen) atoms. The lowest BCUT2D eigenvalue weighted by atomic mass is 9.63. The summed E-state index contributed by atoms with van der Waals surface area (Å²) in [5, 5.41) is 3.87. The number of carbonyl (C=O) groups is 1. The van der Waals surface area contributed by atoms with Crippen LogP contribution in [-0.2, 0) is 10.2 Å². The van der Waals surface area contributed by atoms with E-state index in [1.807, 2.05) is 4.90 Å². The molecule has 1 aliphatic heterocycles. The Kier molecular flexibility index (Phi) is 4.06. The lowest BCUT2D eigenvalue weighted by molar-refractivity contribution is -0.142. The summed E-state index contributed by atoms with van der Waals surface area (Å²) in [6.07, 6.45) is 4.58. The van der Waals surface area contributed by atoms with E-state index in [-0.39, 0.29) is 17.6 Å². The third-order valence-electron chi connectivity index (χ3n) is 5.61. The molecule has 0 N–H and O–H groups in total. The van der Waals surface area contributed by atoms with Crippen molar-refractivity contribution < 1.29 is 13.7 Å². The van der Waals surface area contributed by atoms with Gasteiger partial charge in [-0.05, 0) is 50.3 Å². The van der Waals surface area contributed by atoms with Crippen LogP contribution < -0.4 is 0 Å². The average Bonchev–Trinajstić information content (AvgIpc) is 3.02. The van der Waals surface area contributed by atoms with Crippen LogP contribution in [0, 0.1) is 12.7 Å². The Morgan fingerprint density at radius 3 is 2.64 bits per heavy atom. The van der Waals surface area contributed by atoms with Gasteiger partial charge in [0.25, 0.3) is 0 Å². The number of aryl methyl sites for hydroxylation is 1. The molecule has 2 fully saturated rings. The summed E-state index contributed by atoms with van der Waals surface area (Å²) in [6.45, 7) is 3.17. The molecular formula is C19H22FN3O2. The third kappa shape index (κ3) is 2.83. The molecular weight excluding hydrogens is 321 g/mol. The minimum atomic E-state index is -0.486. The van der Waals surface area contributed by atoms with E-state index < -0.39 is 5.41 Å². The van der Waals surface area contributed by atoms with E-state index in [1.54, 1.807) is 19.1 Å². The predicted molar refractivity (Wildman–Crippen MR) is 89.5 cm³/mol. The molecule has 6 heteroatoms. The van der Waals surface area contributed by atoms with Gasteiger partial charge in [0, 0.05) is 13.1 Å². The van der Waals surface area contributed by atoms with Crippen LogP contribution >= 0.6 is 0 Å². The lowest BCUT2D eigenvalue weighted by Crippen LogP contribution is -2.53. The maximum atomic E-state index is 13.3. The standard InChI is InChI=1S/C19H22FN3O2/c1-13-21-17(25-22-13)14-4-2-11-23(12-14)18(24)19(9-3-10-19)15-5-7-16(20)8-6-15/h5-8,14H,2-4,9-12H2,1H3. The van der Waals surface area contributed by atoms with Crippen molar-refractivity contribution in [2.24, 2.45) is 0 Å². The van der Waals surface area contributed by atoms with E-state index in [4.69, 9.17) is 4.52 Å². The van der Waals surface area contributed by atoms with Gasteiger partial charge in [0.15, 0.2) is 5.82 Å². The first-order valence-corrected chi connectivity index (χ1v) is 8.94. The second-order valence-electron chi connectivity index (χ2n) is 7.21. The molecule has 4 rings (SSSR count). The van der Waals surface area contributed by atoms with Crippen LogP contribution in [0.25, 0.3) is 0 Å². The summed E-state index contributed by atoms with van der Waals surface area (Å²) < 4.78 is 18.6. The van der Waals surface area contributed by atoms with Crippen LogP contribution in [0.4, 0.5) is 4.39 Å². The van der Waals surface area contributed by atoms with E-state index in [0.29, 0.717) is 18.3 Å². The molecule has 0 spiro atoms. The van der Waals surface area contributed by atoms with Crippen molar-refractivity contribution in [1.82, 2.24) is 15.0 Å². The van der Waals surface area contributed by atoms with E-state index in [2.05, 4.69) is 10.1 Å². The highest BCUT2D eigenvalue weighted by Crippen LogP contribution is 2.46. The van der Waals surface area contributed by atoms with E-state index in [9.17, 15) is 9.18 Å². The molecule has 1 saturated heterocycles. The van der Waals surface area contributed by atoms with E-state index >= 15 is 0 Å². The third-order valence-corrected chi connectivity index (χ3v) is 5.61. The predicted octanol–water partition coefficient (Wildman–Crippen LogP) is 3.35. The van der Waals surface area contributed by atoms with Crippen LogP contribution in [-0.4, -0.2) is 34.0 Å². The molecule has 2 aromatic rings. The Bertz CT molecular complexity index is 767. The number of piperidine rings is 1. The summed E-state index contributed by atoms with van der Waals surface area (Å²) in [7, 11) is 0. The van der Waals surface area contributed by atoms with Crippen LogP contribution in [0.1, 0.15) is 55.3 Å². The Morgan fingerprint density at radius 2 is 2.04 bits per heavy atom.